The van der Waals surface area contributed by atoms with Crippen molar-refractivity contribution in [1.82, 2.24) is 14.5 Å². The summed E-state index contributed by atoms with van der Waals surface area (Å²) in [4.78, 5) is 9.77. The molecule has 0 bridgehead atoms. The van der Waals surface area contributed by atoms with Gasteiger partial charge in [-0.15, -0.1) is 54.1 Å². The van der Waals surface area contributed by atoms with Gasteiger partial charge in [0.1, 0.15) is 5.58 Å². The van der Waals surface area contributed by atoms with Crippen LogP contribution in [0.1, 0.15) is 5.56 Å². The predicted octanol–water partition coefficient (Wildman–Crippen LogP) is 13.1. The van der Waals surface area contributed by atoms with Crippen LogP contribution < -0.4 is 5.19 Å². The predicted molar refractivity (Wildman–Crippen MR) is 240 cm³/mol. The number of furan rings is 1. The Morgan fingerprint density at radius 1 is 0.621 bits per heavy atom. The number of aryl methyl sites for hydroxylation is 1. The average molecular weight is 944 g/mol. The topological polar surface area (TPSA) is 43.9 Å². The van der Waals surface area contributed by atoms with Gasteiger partial charge in [0.05, 0.1) is 30.5 Å². The molecule has 0 saturated heterocycles. The van der Waals surface area contributed by atoms with Gasteiger partial charge < -0.3 is 14.0 Å². The van der Waals surface area contributed by atoms with Crippen LogP contribution in [0.2, 0.25) is 19.6 Å². The Balaban J connectivity index is 0.000000220. The van der Waals surface area contributed by atoms with Gasteiger partial charge in [-0.25, -0.2) is 0 Å². The molecule has 0 N–H and O–H groups in total. The van der Waals surface area contributed by atoms with Crippen LogP contribution in [-0.4, -0.2) is 22.6 Å². The van der Waals surface area contributed by atoms with E-state index in [0.717, 1.165) is 78.0 Å². The number of fused-ring (bicyclic) bond motifs is 4. The maximum atomic E-state index is 6.45. The Kier molecular flexibility index (Phi) is 10.9. The molecule has 0 aliphatic rings. The summed E-state index contributed by atoms with van der Waals surface area (Å²) in [6, 6.07) is 65.1. The second-order valence-electron chi connectivity index (χ2n) is 15.3. The van der Waals surface area contributed by atoms with E-state index in [0.29, 0.717) is 0 Å². The molecule has 3 heterocycles. The van der Waals surface area contributed by atoms with Gasteiger partial charge in [-0.05, 0) is 58.8 Å². The number of rotatable bonds is 6. The molecule has 0 spiro atoms. The molecular formula is C52H41IrN3OSi-2. The molecule has 0 amide bonds. The summed E-state index contributed by atoms with van der Waals surface area (Å²) in [6.45, 7) is 9.24. The molecule has 0 saturated carbocycles. The second-order valence-corrected chi connectivity index (χ2v) is 20.4. The van der Waals surface area contributed by atoms with Crippen LogP contribution in [-0.2, 0) is 20.1 Å². The first-order valence-electron chi connectivity index (χ1n) is 19.3. The van der Waals surface area contributed by atoms with Gasteiger partial charge in [-0.3, -0.25) is 4.98 Å². The zero-order valence-corrected chi connectivity index (χ0v) is 36.2. The molecule has 6 heteroatoms. The minimum Gasteiger partial charge on any atom is -0.501 e. The van der Waals surface area contributed by atoms with Crippen LogP contribution in [0, 0.1) is 19.1 Å². The molecule has 0 aliphatic carbocycles. The van der Waals surface area contributed by atoms with Crippen molar-refractivity contribution in [1.29, 1.82) is 0 Å². The van der Waals surface area contributed by atoms with E-state index < -0.39 is 8.07 Å². The zero-order chi connectivity index (χ0) is 38.9. The Hall–Kier alpha value is -6.17. The van der Waals surface area contributed by atoms with Crippen LogP contribution in [0.3, 0.4) is 0 Å². The molecule has 1 radical (unpaired) electrons. The van der Waals surface area contributed by atoms with E-state index in [1.807, 2.05) is 54.6 Å². The quantitative estimate of drug-likeness (QED) is 0.123. The minimum absolute atomic E-state index is 0. The van der Waals surface area contributed by atoms with Crippen molar-refractivity contribution in [3.8, 4) is 50.6 Å². The van der Waals surface area contributed by atoms with Crippen molar-refractivity contribution in [2.75, 3.05) is 0 Å². The molecule has 3 aromatic heterocycles. The normalized spacial score (nSPS) is 11.3. The average Bonchev–Trinajstić information content (AvgIpc) is 3.83. The van der Waals surface area contributed by atoms with Gasteiger partial charge in [0.2, 0.25) is 0 Å². The first-order valence-corrected chi connectivity index (χ1v) is 22.8. The van der Waals surface area contributed by atoms with Crippen molar-refractivity contribution in [3.63, 3.8) is 0 Å². The van der Waals surface area contributed by atoms with Crippen LogP contribution in [0.4, 0.5) is 0 Å². The monoisotopic (exact) mass is 944 g/mol. The smallest absolute Gasteiger partial charge is 0.120 e. The molecule has 7 aromatic carbocycles. The van der Waals surface area contributed by atoms with E-state index in [2.05, 4.69) is 170 Å². The number of pyridine rings is 1. The third kappa shape index (κ3) is 7.50. The molecule has 10 aromatic rings. The fourth-order valence-electron chi connectivity index (χ4n) is 7.72. The Morgan fingerprint density at radius 3 is 2.07 bits per heavy atom. The molecular weight excluding hydrogens is 903 g/mol. The maximum absolute atomic E-state index is 6.45. The molecule has 285 valence electrons. The fraction of sp³-hybridized carbons (Fsp3) is 0.0769. The first kappa shape index (κ1) is 38.7. The summed E-state index contributed by atoms with van der Waals surface area (Å²) >= 11 is 0. The number of benzene rings is 7. The van der Waals surface area contributed by atoms with Crippen LogP contribution in [0.15, 0.2) is 180 Å². The molecule has 58 heavy (non-hydrogen) atoms. The molecule has 0 aliphatic heterocycles. The van der Waals surface area contributed by atoms with Gasteiger partial charge in [0, 0.05) is 42.9 Å². The van der Waals surface area contributed by atoms with E-state index in [9.17, 15) is 0 Å². The van der Waals surface area contributed by atoms with Gasteiger partial charge in [0.25, 0.3) is 0 Å². The largest absolute Gasteiger partial charge is 0.501 e. The zero-order valence-electron chi connectivity index (χ0n) is 32.8. The Bertz CT molecular complexity index is 3000. The van der Waals surface area contributed by atoms with Gasteiger partial charge in [-0.2, -0.15) is 0 Å². The third-order valence-corrected chi connectivity index (χ3v) is 12.6. The second kappa shape index (κ2) is 16.4. The number of aromatic nitrogens is 3. The molecule has 0 fully saturated rings. The summed E-state index contributed by atoms with van der Waals surface area (Å²) in [7, 11) is -1.27. The Morgan fingerprint density at radius 2 is 1.33 bits per heavy atom. The van der Waals surface area contributed by atoms with Gasteiger partial charge >= 0.3 is 0 Å². The number of nitrogens with zero attached hydrogens (tertiary/aromatic N) is 3. The van der Waals surface area contributed by atoms with E-state index in [1.54, 1.807) is 0 Å². The summed E-state index contributed by atoms with van der Waals surface area (Å²) in [5, 5.41) is 3.59. The van der Waals surface area contributed by atoms with E-state index in [1.165, 1.54) is 16.3 Å². The number of hydrogen-bond acceptors (Lipinski definition) is 3. The molecule has 0 atom stereocenters. The number of imidazole rings is 1. The van der Waals surface area contributed by atoms with E-state index in [4.69, 9.17) is 9.40 Å². The molecule has 0 unspecified atom stereocenters. The SMILES string of the molecule is Cc1cc(-c2[c-]cccc2)ncc1[Si](C)(C)C.[Ir].[c-]1ccc2c(oc3ccccc32)c1-c1nc2ccccc2n1-c1cc(-c2ccccc2)ccc1-c1ccccc1. The van der Waals surface area contributed by atoms with Crippen molar-refractivity contribution in [2.45, 2.75) is 26.6 Å². The van der Waals surface area contributed by atoms with Crippen LogP contribution in [0.5, 0.6) is 0 Å². The Labute approximate surface area is 354 Å². The molecule has 4 nitrogen and oxygen atoms in total. The van der Waals surface area contributed by atoms with E-state index in [-0.39, 0.29) is 20.1 Å². The summed E-state index contributed by atoms with van der Waals surface area (Å²) in [6.07, 6.45) is 2.05. The number of para-hydroxylation sites is 3. The standard InChI is InChI=1S/C37H23N2O.C15H18NSi.Ir/c1-3-12-25(13-4-1)27-22-23-28(26-14-5-2-6-15-26)34(24-27)39-33-20-9-8-19-32(33)38-37(39)31-18-11-17-30-29-16-7-10-21-35(29)40-36(30)31;1-12-10-14(13-8-6-5-7-9-13)16-11-15(12)17(2,3)4;/h1-17,19-24H;5-8,10-11H,1-4H3;/q2*-1;. The van der Waals surface area contributed by atoms with Crippen LogP contribution in [0.25, 0.3) is 83.6 Å². The van der Waals surface area contributed by atoms with Gasteiger partial charge in [0.15, 0.2) is 0 Å². The minimum atomic E-state index is -1.27. The summed E-state index contributed by atoms with van der Waals surface area (Å²) in [5.74, 6) is 0.799. The first-order chi connectivity index (χ1) is 27.8. The fourth-order valence-corrected chi connectivity index (χ4v) is 9.43. The maximum Gasteiger partial charge on any atom is 0.120 e. The summed E-state index contributed by atoms with van der Waals surface area (Å²) < 4.78 is 8.71. The third-order valence-electron chi connectivity index (χ3n) is 10.5. The van der Waals surface area contributed by atoms with Crippen LogP contribution >= 0.6 is 0 Å². The van der Waals surface area contributed by atoms with Crippen molar-refractivity contribution < 1.29 is 24.5 Å². The molecule has 10 rings (SSSR count). The van der Waals surface area contributed by atoms with Crippen molar-refractivity contribution >= 4 is 46.2 Å². The van der Waals surface area contributed by atoms with Gasteiger partial charge in [-0.1, -0.05) is 145 Å². The summed E-state index contributed by atoms with van der Waals surface area (Å²) in [5.41, 5.74) is 13.5. The van der Waals surface area contributed by atoms with E-state index >= 15 is 0 Å². The number of hydrogen-bond donors (Lipinski definition) is 0. The van der Waals surface area contributed by atoms with Crippen molar-refractivity contribution in [3.05, 3.63) is 194 Å². The van der Waals surface area contributed by atoms with Crippen molar-refractivity contribution in [2.24, 2.45) is 0 Å².